The summed E-state index contributed by atoms with van der Waals surface area (Å²) in [5.74, 6) is 0.0203. The minimum Gasteiger partial charge on any atom is -0.492 e. The fourth-order valence-electron chi connectivity index (χ4n) is 3.95. The van der Waals surface area contributed by atoms with Gasteiger partial charge < -0.3 is 19.7 Å². The van der Waals surface area contributed by atoms with Gasteiger partial charge in [-0.15, -0.1) is 6.58 Å². The lowest BCUT2D eigenvalue weighted by Gasteiger charge is -2.26. The Labute approximate surface area is 223 Å². The van der Waals surface area contributed by atoms with Crippen LogP contribution in [0.3, 0.4) is 0 Å². The topological polar surface area (TPSA) is 88.2 Å². The van der Waals surface area contributed by atoms with Crippen molar-refractivity contribution in [2.24, 2.45) is 0 Å². The number of rotatable bonds is 10. The number of nitrogens with one attached hydrogen (secondary N) is 1. The van der Waals surface area contributed by atoms with Crippen molar-refractivity contribution < 1.29 is 23.9 Å². The number of methoxy groups -OCH3 is 1. The SMILES string of the molecule is C=CCN(C(=O)Nc1ccccc1C)c1ccc(N(CCOc2ccc(C(=O)OC)cc2)C(C)=O)cc1C. The molecule has 0 spiro atoms. The van der Waals surface area contributed by atoms with E-state index in [4.69, 9.17) is 9.47 Å². The van der Waals surface area contributed by atoms with Crippen molar-refractivity contribution >= 4 is 35.0 Å². The average molecular weight is 516 g/mol. The monoisotopic (exact) mass is 515 g/mol. The third kappa shape index (κ3) is 7.00. The van der Waals surface area contributed by atoms with Gasteiger partial charge in [0.1, 0.15) is 12.4 Å². The number of aryl methyl sites for hydroxylation is 2. The Kier molecular flexibility index (Phi) is 9.65. The van der Waals surface area contributed by atoms with Crippen molar-refractivity contribution in [2.75, 3.05) is 41.9 Å². The van der Waals surface area contributed by atoms with Crippen molar-refractivity contribution in [3.05, 3.63) is 96.1 Å². The highest BCUT2D eigenvalue weighted by atomic mass is 16.5. The molecule has 38 heavy (non-hydrogen) atoms. The van der Waals surface area contributed by atoms with Crippen LogP contribution in [0, 0.1) is 13.8 Å². The van der Waals surface area contributed by atoms with Crippen LogP contribution in [0.4, 0.5) is 21.9 Å². The molecule has 0 aliphatic heterocycles. The largest absolute Gasteiger partial charge is 0.492 e. The molecule has 0 saturated heterocycles. The molecule has 8 nitrogen and oxygen atoms in total. The Balaban J connectivity index is 1.72. The summed E-state index contributed by atoms with van der Waals surface area (Å²) in [6.07, 6.45) is 1.67. The highest BCUT2D eigenvalue weighted by molar-refractivity contribution is 6.03. The zero-order valence-electron chi connectivity index (χ0n) is 22.2. The third-order valence-electron chi connectivity index (χ3n) is 5.97. The van der Waals surface area contributed by atoms with E-state index in [0.29, 0.717) is 35.8 Å². The van der Waals surface area contributed by atoms with Gasteiger partial charge in [0.25, 0.3) is 0 Å². The molecule has 0 aliphatic rings. The van der Waals surface area contributed by atoms with Gasteiger partial charge in [0.2, 0.25) is 5.91 Å². The second-order valence-corrected chi connectivity index (χ2v) is 8.65. The van der Waals surface area contributed by atoms with Crippen LogP contribution in [-0.2, 0) is 9.53 Å². The first-order valence-electron chi connectivity index (χ1n) is 12.2. The van der Waals surface area contributed by atoms with Crippen molar-refractivity contribution in [1.29, 1.82) is 0 Å². The van der Waals surface area contributed by atoms with Crippen LogP contribution in [0.15, 0.2) is 79.4 Å². The van der Waals surface area contributed by atoms with E-state index in [-0.39, 0.29) is 18.5 Å². The number of carbonyl (C=O) groups excluding carboxylic acids is 3. The molecule has 0 atom stereocenters. The van der Waals surface area contributed by atoms with E-state index in [1.165, 1.54) is 14.0 Å². The first-order chi connectivity index (χ1) is 18.2. The lowest BCUT2D eigenvalue weighted by atomic mass is 10.1. The molecule has 0 bridgehead atoms. The van der Waals surface area contributed by atoms with Gasteiger partial charge in [-0.05, 0) is 73.5 Å². The summed E-state index contributed by atoms with van der Waals surface area (Å²) < 4.78 is 10.5. The summed E-state index contributed by atoms with van der Waals surface area (Å²) in [7, 11) is 1.33. The number of ether oxygens (including phenoxy) is 2. The Morgan fingerprint density at radius 3 is 2.26 bits per heavy atom. The zero-order chi connectivity index (χ0) is 27.7. The predicted molar refractivity (Wildman–Crippen MR) is 150 cm³/mol. The smallest absolute Gasteiger partial charge is 0.337 e. The fourth-order valence-corrected chi connectivity index (χ4v) is 3.95. The molecular formula is C30H33N3O5. The molecule has 0 unspecified atom stereocenters. The zero-order valence-corrected chi connectivity index (χ0v) is 22.2. The van der Waals surface area contributed by atoms with Crippen molar-refractivity contribution in [3.63, 3.8) is 0 Å². The normalized spacial score (nSPS) is 10.3. The maximum absolute atomic E-state index is 13.1. The summed E-state index contributed by atoms with van der Waals surface area (Å²) in [6.45, 7) is 10.0. The van der Waals surface area contributed by atoms with Crippen molar-refractivity contribution in [3.8, 4) is 5.75 Å². The molecule has 3 aromatic rings. The summed E-state index contributed by atoms with van der Waals surface area (Å²) in [5, 5.41) is 2.97. The molecule has 3 aromatic carbocycles. The van der Waals surface area contributed by atoms with E-state index in [9.17, 15) is 14.4 Å². The van der Waals surface area contributed by atoms with Crippen LogP contribution in [-0.4, -0.2) is 44.7 Å². The van der Waals surface area contributed by atoms with E-state index in [1.54, 1.807) is 40.1 Å². The summed E-state index contributed by atoms with van der Waals surface area (Å²) in [4.78, 5) is 40.4. The number of urea groups is 1. The molecule has 3 rings (SSSR count). The minimum absolute atomic E-state index is 0.137. The predicted octanol–water partition coefficient (Wildman–Crippen LogP) is 5.75. The van der Waals surface area contributed by atoms with Gasteiger partial charge in [-0.25, -0.2) is 9.59 Å². The highest BCUT2D eigenvalue weighted by Gasteiger charge is 2.19. The molecular weight excluding hydrogens is 482 g/mol. The molecule has 3 amide bonds. The van der Waals surface area contributed by atoms with E-state index >= 15 is 0 Å². The molecule has 0 saturated carbocycles. The number of hydrogen-bond acceptors (Lipinski definition) is 5. The van der Waals surface area contributed by atoms with Gasteiger partial charge in [-0.1, -0.05) is 24.3 Å². The number of carbonyl (C=O) groups is 3. The average Bonchev–Trinajstić information content (AvgIpc) is 2.91. The number of para-hydroxylation sites is 1. The van der Waals surface area contributed by atoms with Crippen molar-refractivity contribution in [1.82, 2.24) is 0 Å². The number of amides is 3. The maximum atomic E-state index is 13.1. The second kappa shape index (κ2) is 13.1. The molecule has 1 N–H and O–H groups in total. The Morgan fingerprint density at radius 1 is 0.947 bits per heavy atom. The second-order valence-electron chi connectivity index (χ2n) is 8.65. The number of nitrogens with zero attached hydrogens (tertiary/aromatic N) is 2. The van der Waals surface area contributed by atoms with Gasteiger partial charge in [0, 0.05) is 30.5 Å². The van der Waals surface area contributed by atoms with Gasteiger partial charge in [0.15, 0.2) is 0 Å². The van der Waals surface area contributed by atoms with Gasteiger partial charge in [-0.2, -0.15) is 0 Å². The number of hydrogen-bond donors (Lipinski definition) is 1. The van der Waals surface area contributed by atoms with Gasteiger partial charge in [-0.3, -0.25) is 9.69 Å². The first-order valence-corrected chi connectivity index (χ1v) is 12.2. The van der Waals surface area contributed by atoms with Crippen LogP contribution in [0.25, 0.3) is 0 Å². The minimum atomic E-state index is -0.419. The van der Waals surface area contributed by atoms with E-state index in [2.05, 4.69) is 11.9 Å². The van der Waals surface area contributed by atoms with Gasteiger partial charge in [0.05, 0.1) is 19.2 Å². The van der Waals surface area contributed by atoms with Crippen LogP contribution in [0.5, 0.6) is 5.75 Å². The lowest BCUT2D eigenvalue weighted by molar-refractivity contribution is -0.116. The summed E-state index contributed by atoms with van der Waals surface area (Å²) in [6, 6.07) is 19.4. The first kappa shape index (κ1) is 28.0. The van der Waals surface area contributed by atoms with Crippen LogP contribution >= 0.6 is 0 Å². The van der Waals surface area contributed by atoms with E-state index in [0.717, 1.165) is 16.8 Å². The van der Waals surface area contributed by atoms with Crippen molar-refractivity contribution in [2.45, 2.75) is 20.8 Å². The summed E-state index contributed by atoms with van der Waals surface area (Å²) >= 11 is 0. The number of benzene rings is 3. The Hall–Kier alpha value is -4.59. The highest BCUT2D eigenvalue weighted by Crippen LogP contribution is 2.27. The molecule has 198 valence electrons. The third-order valence-corrected chi connectivity index (χ3v) is 5.97. The number of esters is 1. The van der Waals surface area contributed by atoms with E-state index < -0.39 is 5.97 Å². The van der Waals surface area contributed by atoms with Crippen LogP contribution in [0.2, 0.25) is 0 Å². The Bertz CT molecular complexity index is 1300. The summed E-state index contributed by atoms with van der Waals surface area (Å²) in [5.41, 5.74) is 4.37. The molecule has 0 radical (unpaired) electrons. The maximum Gasteiger partial charge on any atom is 0.337 e. The van der Waals surface area contributed by atoms with Gasteiger partial charge >= 0.3 is 12.0 Å². The lowest BCUT2D eigenvalue weighted by Crippen LogP contribution is -2.36. The fraction of sp³-hybridized carbons (Fsp3) is 0.233. The van der Waals surface area contributed by atoms with Crippen LogP contribution < -0.4 is 19.9 Å². The van der Waals surface area contributed by atoms with Crippen LogP contribution in [0.1, 0.15) is 28.4 Å². The molecule has 0 fully saturated rings. The molecule has 0 aromatic heterocycles. The number of anilines is 3. The molecule has 0 heterocycles. The molecule has 8 heteroatoms. The quantitative estimate of drug-likeness (QED) is 0.275. The Morgan fingerprint density at radius 2 is 1.66 bits per heavy atom. The van der Waals surface area contributed by atoms with E-state index in [1.807, 2.05) is 56.3 Å². The standard InChI is InChI=1S/C30H33N3O5/c1-6-17-33(30(36)31-27-10-8-7-9-21(27)2)28-16-13-25(20-22(28)3)32(23(4)34)18-19-38-26-14-11-24(12-15-26)29(35)37-5/h6-16,20H,1,17-19H2,2-5H3,(H,31,36). The molecule has 0 aliphatic carbocycles.